The van der Waals surface area contributed by atoms with E-state index in [0.29, 0.717) is 34.5 Å². The molecule has 9 nitrogen and oxygen atoms in total. The van der Waals surface area contributed by atoms with Crippen LogP contribution in [0.1, 0.15) is 74.4 Å². The Labute approximate surface area is 273 Å². The number of amides is 2. The van der Waals surface area contributed by atoms with Crippen molar-refractivity contribution in [2.75, 3.05) is 0 Å². The largest absolute Gasteiger partial charge is 0.450 e. The average Bonchev–Trinajstić information content (AvgIpc) is 3.03. The minimum atomic E-state index is -1.24. The quantitative estimate of drug-likeness (QED) is 0.261. The first-order valence-electron chi connectivity index (χ1n) is 16.5. The molecule has 4 bridgehead atoms. The summed E-state index contributed by atoms with van der Waals surface area (Å²) in [7, 11) is 0. The second-order valence-electron chi connectivity index (χ2n) is 14.2. The summed E-state index contributed by atoms with van der Waals surface area (Å²) in [5, 5.41) is 7.18. The fraction of sp³-hybridized carbons (Fsp3) is 0.395. The molecule has 2 aromatic heterocycles. The van der Waals surface area contributed by atoms with Crippen LogP contribution in [0.5, 0.6) is 0 Å². The predicted octanol–water partition coefficient (Wildman–Crippen LogP) is 5.11. The van der Waals surface area contributed by atoms with Crippen LogP contribution in [0.25, 0.3) is 16.7 Å². The van der Waals surface area contributed by atoms with E-state index in [2.05, 4.69) is 15.6 Å². The minimum Gasteiger partial charge on any atom is -0.450 e. The fourth-order valence-corrected chi connectivity index (χ4v) is 8.56. The molecule has 8 rings (SSSR count). The number of benzene rings is 2. The molecule has 9 heteroatoms. The number of pyridine rings is 2. The Kier molecular flexibility index (Phi) is 7.73. The number of esters is 1. The summed E-state index contributed by atoms with van der Waals surface area (Å²) in [6, 6.07) is 21.0. The van der Waals surface area contributed by atoms with E-state index in [-0.39, 0.29) is 40.7 Å². The van der Waals surface area contributed by atoms with Crippen molar-refractivity contribution < 1.29 is 19.1 Å². The van der Waals surface area contributed by atoms with Gasteiger partial charge in [0, 0.05) is 54.1 Å². The van der Waals surface area contributed by atoms with Crippen molar-refractivity contribution in [1.29, 1.82) is 0 Å². The van der Waals surface area contributed by atoms with Gasteiger partial charge in [0.2, 0.25) is 0 Å². The van der Waals surface area contributed by atoms with Gasteiger partial charge in [-0.15, -0.1) is 0 Å². The molecule has 242 valence electrons. The zero-order valence-corrected chi connectivity index (χ0v) is 27.0. The summed E-state index contributed by atoms with van der Waals surface area (Å²) in [5.41, 5.74) is 2.09. The molecular weight excluding hydrogens is 592 g/mol. The van der Waals surface area contributed by atoms with Crippen molar-refractivity contribution >= 4 is 28.8 Å². The number of para-hydroxylation sites is 1. The van der Waals surface area contributed by atoms with Crippen LogP contribution >= 0.6 is 0 Å². The molecule has 2 aromatic carbocycles. The van der Waals surface area contributed by atoms with E-state index in [4.69, 9.17) is 4.74 Å². The van der Waals surface area contributed by atoms with Gasteiger partial charge in [-0.25, -0.2) is 4.98 Å². The third kappa shape index (κ3) is 5.95. The van der Waals surface area contributed by atoms with E-state index in [0.717, 1.165) is 43.4 Å². The summed E-state index contributed by atoms with van der Waals surface area (Å²) >= 11 is 0. The molecule has 0 aliphatic heterocycles. The molecule has 4 aliphatic rings. The fourth-order valence-electron chi connectivity index (χ4n) is 8.56. The highest BCUT2D eigenvalue weighted by Crippen LogP contribution is 2.56. The molecule has 0 spiro atoms. The lowest BCUT2D eigenvalue weighted by Gasteiger charge is -2.60. The van der Waals surface area contributed by atoms with Gasteiger partial charge in [-0.05, 0) is 106 Å². The summed E-state index contributed by atoms with van der Waals surface area (Å²) in [6.07, 6.45) is 8.58. The Balaban J connectivity index is 1.04. The molecule has 4 fully saturated rings. The van der Waals surface area contributed by atoms with Crippen molar-refractivity contribution in [1.82, 2.24) is 20.2 Å². The number of fused-ring (bicyclic) bond motifs is 1. The standard InChI is InChI=1S/C38H40N4O5/c1-23(43)47-37(2,3)36(46)41-38-19-25-17-27(20-38)32(28(18-25)21-38)40-35(45)26-13-11-24(12-14-26)16-29-22-42(30-8-5-4-6-9-30)34-31(33(29)44)10-7-15-39-34/h4-15,22,25,27-28,32H,16-21H2,1-3H3,(H,40,45)(H,41,46)/t25?,27-,28+,32?,38?. The maximum absolute atomic E-state index is 13.5. The summed E-state index contributed by atoms with van der Waals surface area (Å²) < 4.78 is 7.25. The highest BCUT2D eigenvalue weighted by molar-refractivity contribution is 5.94. The monoisotopic (exact) mass is 632 g/mol. The Hall–Kier alpha value is -4.79. The van der Waals surface area contributed by atoms with E-state index < -0.39 is 11.6 Å². The van der Waals surface area contributed by atoms with Gasteiger partial charge < -0.3 is 19.9 Å². The zero-order chi connectivity index (χ0) is 32.9. The van der Waals surface area contributed by atoms with Crippen LogP contribution in [0.15, 0.2) is 83.9 Å². The number of hydrogen-bond acceptors (Lipinski definition) is 6. The number of hydrogen-bond donors (Lipinski definition) is 2. The maximum Gasteiger partial charge on any atom is 0.303 e. The number of carbonyl (C=O) groups is 3. The van der Waals surface area contributed by atoms with E-state index in [9.17, 15) is 19.2 Å². The van der Waals surface area contributed by atoms with E-state index in [1.165, 1.54) is 6.92 Å². The smallest absolute Gasteiger partial charge is 0.303 e. The van der Waals surface area contributed by atoms with Crippen LogP contribution in [0, 0.1) is 17.8 Å². The molecule has 4 aromatic rings. The van der Waals surface area contributed by atoms with Crippen molar-refractivity contribution in [2.24, 2.45) is 17.8 Å². The van der Waals surface area contributed by atoms with Crippen LogP contribution in [0.2, 0.25) is 0 Å². The van der Waals surface area contributed by atoms with Crippen molar-refractivity contribution in [3.63, 3.8) is 0 Å². The van der Waals surface area contributed by atoms with Crippen LogP contribution in [0.3, 0.4) is 0 Å². The molecule has 2 heterocycles. The zero-order valence-electron chi connectivity index (χ0n) is 27.0. The first kappa shape index (κ1) is 30.8. The van der Waals surface area contributed by atoms with Gasteiger partial charge in [0.25, 0.3) is 11.8 Å². The van der Waals surface area contributed by atoms with Crippen LogP contribution in [-0.2, 0) is 20.7 Å². The summed E-state index contributed by atoms with van der Waals surface area (Å²) in [4.78, 5) is 56.2. The maximum atomic E-state index is 13.5. The lowest BCUT2D eigenvalue weighted by Crippen LogP contribution is -2.68. The number of ether oxygens (including phenoxy) is 1. The second-order valence-corrected chi connectivity index (χ2v) is 14.2. The van der Waals surface area contributed by atoms with Crippen molar-refractivity contribution in [2.45, 2.75) is 76.5 Å². The summed E-state index contributed by atoms with van der Waals surface area (Å²) in [5.74, 6) is 0.200. The topological polar surface area (TPSA) is 119 Å². The Morgan fingerprint density at radius 3 is 2.34 bits per heavy atom. The molecule has 2 N–H and O–H groups in total. The summed E-state index contributed by atoms with van der Waals surface area (Å²) in [6.45, 7) is 4.56. The lowest BCUT2D eigenvalue weighted by atomic mass is 9.51. The highest BCUT2D eigenvalue weighted by atomic mass is 16.6. The van der Waals surface area contributed by atoms with Crippen LogP contribution in [0.4, 0.5) is 0 Å². The number of carbonyl (C=O) groups excluding carboxylic acids is 3. The molecule has 47 heavy (non-hydrogen) atoms. The second kappa shape index (κ2) is 11.8. The highest BCUT2D eigenvalue weighted by Gasteiger charge is 2.57. The third-order valence-electron chi connectivity index (χ3n) is 10.4. The average molecular weight is 633 g/mol. The van der Waals surface area contributed by atoms with E-state index in [1.807, 2.05) is 71.4 Å². The van der Waals surface area contributed by atoms with E-state index in [1.54, 1.807) is 26.1 Å². The number of aromatic nitrogens is 2. The van der Waals surface area contributed by atoms with E-state index >= 15 is 0 Å². The van der Waals surface area contributed by atoms with Gasteiger partial charge in [0.15, 0.2) is 11.0 Å². The molecule has 0 saturated heterocycles. The third-order valence-corrected chi connectivity index (χ3v) is 10.4. The number of nitrogens with zero attached hydrogens (tertiary/aromatic N) is 2. The van der Waals surface area contributed by atoms with Gasteiger partial charge in [0.05, 0.1) is 5.39 Å². The van der Waals surface area contributed by atoms with Gasteiger partial charge in [-0.1, -0.05) is 30.3 Å². The minimum absolute atomic E-state index is 0.0482. The van der Waals surface area contributed by atoms with Gasteiger partial charge in [-0.3, -0.25) is 19.2 Å². The molecular formula is C38H40N4O5. The molecule has 4 saturated carbocycles. The molecule has 5 atom stereocenters. The van der Waals surface area contributed by atoms with Gasteiger partial charge >= 0.3 is 5.97 Å². The lowest BCUT2D eigenvalue weighted by molar-refractivity contribution is -0.165. The van der Waals surface area contributed by atoms with Crippen LogP contribution < -0.4 is 16.1 Å². The first-order chi connectivity index (χ1) is 22.5. The van der Waals surface area contributed by atoms with Gasteiger partial charge in [0.1, 0.15) is 5.65 Å². The molecule has 4 aliphatic carbocycles. The van der Waals surface area contributed by atoms with Crippen molar-refractivity contribution in [3.05, 3.63) is 106 Å². The molecule has 2 amide bonds. The normalized spacial score (nSPS) is 24.6. The number of rotatable bonds is 8. The van der Waals surface area contributed by atoms with Crippen molar-refractivity contribution in [3.8, 4) is 5.69 Å². The number of nitrogens with one attached hydrogen (secondary N) is 2. The molecule has 3 unspecified atom stereocenters. The Morgan fingerprint density at radius 2 is 1.66 bits per heavy atom. The molecule has 0 radical (unpaired) electrons. The Bertz CT molecular complexity index is 1900. The SMILES string of the molecule is CC(=O)OC(C)(C)C(=O)NC12CC3C[C@H](C1)C(NC(=O)c1ccc(Cc4cn(-c5ccccc5)c5ncccc5c4=O)cc1)[C@@H](C3)C2. The van der Waals surface area contributed by atoms with Crippen LogP contribution in [-0.4, -0.2) is 44.5 Å². The first-order valence-corrected chi connectivity index (χ1v) is 16.5. The Morgan fingerprint density at radius 1 is 0.957 bits per heavy atom. The van der Waals surface area contributed by atoms with Gasteiger partial charge in [-0.2, -0.15) is 0 Å². The predicted molar refractivity (Wildman–Crippen MR) is 178 cm³/mol.